The number of carbonyl (C=O) groups is 2. The number of ketones is 1. The molecule has 1 aromatic rings. The Morgan fingerprint density at radius 1 is 1.20 bits per heavy atom. The van der Waals surface area contributed by atoms with Gasteiger partial charge in [0.25, 0.3) is 0 Å². The third-order valence-electron chi connectivity index (χ3n) is 3.21. The molecule has 20 heavy (non-hydrogen) atoms. The number of Topliss-reactive ketones (excluding diaryl/α,β-unsaturated/α-hetero) is 1. The monoisotopic (exact) mass is 288 g/mol. The molecule has 1 aromatic carbocycles. The third kappa shape index (κ3) is 2.61. The minimum atomic E-state index is -4.77. The average Bonchev–Trinajstić information content (AvgIpc) is 2.33. The first-order chi connectivity index (χ1) is 9.27. The highest BCUT2D eigenvalue weighted by molar-refractivity contribution is 6.02. The summed E-state index contributed by atoms with van der Waals surface area (Å²) in [5.74, 6) is -1.04. The molecule has 0 unspecified atom stereocenters. The van der Waals surface area contributed by atoms with Gasteiger partial charge in [-0.15, -0.1) is 13.2 Å². The van der Waals surface area contributed by atoms with Crippen molar-refractivity contribution in [1.29, 1.82) is 0 Å². The first-order valence-electron chi connectivity index (χ1n) is 5.73. The van der Waals surface area contributed by atoms with Crippen molar-refractivity contribution in [3.8, 4) is 5.75 Å². The summed E-state index contributed by atoms with van der Waals surface area (Å²) >= 11 is 0. The molecule has 0 bridgehead atoms. The lowest BCUT2D eigenvalue weighted by Gasteiger charge is -2.37. The zero-order valence-electron chi connectivity index (χ0n) is 10.5. The van der Waals surface area contributed by atoms with E-state index in [1.54, 1.807) is 0 Å². The van der Waals surface area contributed by atoms with E-state index in [9.17, 15) is 22.8 Å². The highest BCUT2D eigenvalue weighted by atomic mass is 19.4. The smallest absolute Gasteiger partial charge is 0.468 e. The molecule has 0 amide bonds. The Morgan fingerprint density at radius 2 is 1.75 bits per heavy atom. The minimum absolute atomic E-state index is 0.000845. The van der Waals surface area contributed by atoms with E-state index in [1.165, 1.54) is 19.2 Å². The molecule has 0 atom stereocenters. The summed E-state index contributed by atoms with van der Waals surface area (Å²) < 4.78 is 44.6. The molecule has 1 aliphatic rings. The topological polar surface area (TPSA) is 52.6 Å². The van der Waals surface area contributed by atoms with Crippen LogP contribution >= 0.6 is 0 Å². The predicted octanol–water partition coefficient (Wildman–Crippen LogP) is 2.36. The zero-order chi connectivity index (χ0) is 15.0. The molecule has 2 rings (SSSR count). The highest BCUT2D eigenvalue weighted by Crippen LogP contribution is 2.43. The van der Waals surface area contributed by atoms with E-state index in [2.05, 4.69) is 9.47 Å². The van der Waals surface area contributed by atoms with Crippen LogP contribution in [0.1, 0.15) is 18.4 Å². The Labute approximate surface area is 112 Å². The van der Waals surface area contributed by atoms with E-state index in [0.29, 0.717) is 5.56 Å². The molecule has 0 heterocycles. The van der Waals surface area contributed by atoms with E-state index in [4.69, 9.17) is 0 Å². The van der Waals surface area contributed by atoms with Gasteiger partial charge in [0.2, 0.25) is 0 Å². The van der Waals surface area contributed by atoms with Crippen molar-refractivity contribution < 1.29 is 32.2 Å². The summed E-state index contributed by atoms with van der Waals surface area (Å²) in [6.07, 6.45) is -4.77. The number of rotatable bonds is 3. The number of alkyl halides is 3. The van der Waals surface area contributed by atoms with Crippen LogP contribution in [0.3, 0.4) is 0 Å². The first-order valence-corrected chi connectivity index (χ1v) is 5.73. The van der Waals surface area contributed by atoms with Crippen molar-refractivity contribution in [3.63, 3.8) is 0 Å². The lowest BCUT2D eigenvalue weighted by atomic mass is 9.63. The molecular weight excluding hydrogens is 277 g/mol. The van der Waals surface area contributed by atoms with Crippen molar-refractivity contribution in [2.24, 2.45) is 0 Å². The van der Waals surface area contributed by atoms with Crippen molar-refractivity contribution >= 4 is 11.8 Å². The lowest BCUT2D eigenvalue weighted by molar-refractivity contribution is -0.274. The fourth-order valence-corrected chi connectivity index (χ4v) is 2.26. The largest absolute Gasteiger partial charge is 0.573 e. The molecule has 0 saturated heterocycles. The molecule has 0 N–H and O–H groups in total. The second-order valence-electron chi connectivity index (χ2n) is 4.54. The maximum atomic E-state index is 12.0. The van der Waals surface area contributed by atoms with Gasteiger partial charge in [0.05, 0.1) is 7.11 Å². The number of esters is 1. The Balaban J connectivity index is 2.24. The van der Waals surface area contributed by atoms with E-state index in [-0.39, 0.29) is 24.4 Å². The number of benzene rings is 1. The summed E-state index contributed by atoms with van der Waals surface area (Å²) in [5.41, 5.74) is -0.638. The summed E-state index contributed by atoms with van der Waals surface area (Å²) in [7, 11) is 1.20. The molecule has 7 heteroatoms. The summed E-state index contributed by atoms with van der Waals surface area (Å²) in [4.78, 5) is 23.0. The van der Waals surface area contributed by atoms with E-state index in [0.717, 1.165) is 12.1 Å². The van der Waals surface area contributed by atoms with Gasteiger partial charge in [-0.25, -0.2) is 0 Å². The Morgan fingerprint density at radius 3 is 2.15 bits per heavy atom. The van der Waals surface area contributed by atoms with Gasteiger partial charge in [-0.1, -0.05) is 12.1 Å². The molecule has 1 saturated carbocycles. The fourth-order valence-electron chi connectivity index (χ4n) is 2.26. The number of ether oxygens (including phenoxy) is 2. The number of hydrogen-bond acceptors (Lipinski definition) is 4. The summed E-state index contributed by atoms with van der Waals surface area (Å²) in [5, 5.41) is 0. The van der Waals surface area contributed by atoms with Gasteiger partial charge in [-0.3, -0.25) is 9.59 Å². The molecule has 0 aliphatic heterocycles. The minimum Gasteiger partial charge on any atom is -0.468 e. The second-order valence-corrected chi connectivity index (χ2v) is 4.54. The van der Waals surface area contributed by atoms with Gasteiger partial charge < -0.3 is 9.47 Å². The van der Waals surface area contributed by atoms with Gasteiger partial charge in [0, 0.05) is 12.8 Å². The molecule has 0 aromatic heterocycles. The van der Waals surface area contributed by atoms with Crippen LogP contribution in [0.5, 0.6) is 5.75 Å². The van der Waals surface area contributed by atoms with Gasteiger partial charge in [-0.2, -0.15) is 0 Å². The Bertz CT molecular complexity index is 526. The Hall–Kier alpha value is -2.05. The predicted molar refractivity (Wildman–Crippen MR) is 61.1 cm³/mol. The first kappa shape index (κ1) is 14.4. The number of halogens is 3. The van der Waals surface area contributed by atoms with Gasteiger partial charge in [0.15, 0.2) is 0 Å². The van der Waals surface area contributed by atoms with Crippen molar-refractivity contribution in [3.05, 3.63) is 29.8 Å². The van der Waals surface area contributed by atoms with Crippen LogP contribution in [-0.4, -0.2) is 25.2 Å². The number of hydrogen-bond donors (Lipinski definition) is 0. The van der Waals surface area contributed by atoms with Crippen LogP contribution in [-0.2, 0) is 19.7 Å². The fraction of sp³-hybridized carbons (Fsp3) is 0.385. The van der Waals surface area contributed by atoms with Crippen LogP contribution in [0.15, 0.2) is 24.3 Å². The van der Waals surface area contributed by atoms with Gasteiger partial charge in [0.1, 0.15) is 16.9 Å². The van der Waals surface area contributed by atoms with Crippen molar-refractivity contribution in [1.82, 2.24) is 0 Å². The Kier molecular flexibility index (Phi) is 3.45. The average molecular weight is 288 g/mol. The molecule has 0 spiro atoms. The standard InChI is InChI=1S/C13H11F3O4/c1-19-11(18)12(6-9(17)7-12)8-2-4-10(5-3-8)20-13(14,15)16/h2-5H,6-7H2,1H3. The maximum Gasteiger partial charge on any atom is 0.573 e. The van der Waals surface area contributed by atoms with Crippen LogP contribution in [0.25, 0.3) is 0 Å². The van der Waals surface area contributed by atoms with E-state index in [1.807, 2.05) is 0 Å². The molecular formula is C13H11F3O4. The van der Waals surface area contributed by atoms with Crippen LogP contribution < -0.4 is 4.74 Å². The highest BCUT2D eigenvalue weighted by Gasteiger charge is 2.52. The number of carbonyl (C=O) groups excluding carboxylic acids is 2. The molecule has 1 aliphatic carbocycles. The summed E-state index contributed by atoms with van der Waals surface area (Å²) in [6.45, 7) is 0. The third-order valence-corrected chi connectivity index (χ3v) is 3.21. The molecule has 108 valence electrons. The van der Waals surface area contributed by atoms with Gasteiger partial charge in [-0.05, 0) is 17.7 Å². The van der Waals surface area contributed by atoms with Crippen LogP contribution in [0, 0.1) is 0 Å². The normalized spacial score (nSPS) is 17.3. The van der Waals surface area contributed by atoms with Gasteiger partial charge >= 0.3 is 12.3 Å². The van der Waals surface area contributed by atoms with Crippen molar-refractivity contribution in [2.45, 2.75) is 24.6 Å². The molecule has 4 nitrogen and oxygen atoms in total. The quantitative estimate of drug-likeness (QED) is 0.801. The van der Waals surface area contributed by atoms with Crippen molar-refractivity contribution in [2.75, 3.05) is 7.11 Å². The second kappa shape index (κ2) is 4.81. The van der Waals surface area contributed by atoms with E-state index < -0.39 is 17.7 Å². The SMILES string of the molecule is COC(=O)C1(c2ccc(OC(F)(F)F)cc2)CC(=O)C1. The van der Waals surface area contributed by atoms with E-state index >= 15 is 0 Å². The lowest BCUT2D eigenvalue weighted by Crippen LogP contribution is -2.48. The van der Waals surface area contributed by atoms with Crippen LogP contribution in [0.4, 0.5) is 13.2 Å². The maximum absolute atomic E-state index is 12.0. The van der Waals surface area contributed by atoms with Crippen LogP contribution in [0.2, 0.25) is 0 Å². The summed E-state index contributed by atoms with van der Waals surface area (Å²) in [6, 6.07) is 4.89. The molecule has 1 fully saturated rings. The number of methoxy groups -OCH3 is 1. The zero-order valence-corrected chi connectivity index (χ0v) is 10.5. The molecule has 0 radical (unpaired) electrons.